The number of hydrogen-bond acceptors (Lipinski definition) is 7. The molecule has 0 aliphatic carbocycles. The average molecular weight is 412 g/mol. The number of benzene rings is 3. The third kappa shape index (κ3) is 4.49. The van der Waals surface area contributed by atoms with Crippen LogP contribution in [0, 0.1) is 11.3 Å². The molecule has 0 spiro atoms. The van der Waals surface area contributed by atoms with Crippen molar-refractivity contribution in [1.82, 2.24) is 9.97 Å². The predicted molar refractivity (Wildman–Crippen MR) is 118 cm³/mol. The Morgan fingerprint density at radius 2 is 1.65 bits per heavy atom. The lowest BCUT2D eigenvalue weighted by Gasteiger charge is -2.12. The van der Waals surface area contributed by atoms with Crippen molar-refractivity contribution in [1.29, 1.82) is 5.26 Å². The molecular formula is C24H20N4O3. The van der Waals surface area contributed by atoms with Gasteiger partial charge >= 0.3 is 0 Å². The van der Waals surface area contributed by atoms with Gasteiger partial charge in [0.25, 0.3) is 0 Å². The lowest BCUT2D eigenvalue weighted by molar-refractivity contribution is 0.306. The molecule has 0 radical (unpaired) electrons. The molecule has 0 fully saturated rings. The quantitative estimate of drug-likeness (QED) is 0.464. The summed E-state index contributed by atoms with van der Waals surface area (Å²) >= 11 is 0. The molecule has 0 saturated carbocycles. The van der Waals surface area contributed by atoms with Gasteiger partial charge in [-0.25, -0.2) is 9.97 Å². The number of nitrogens with one attached hydrogen (secondary N) is 1. The zero-order valence-corrected chi connectivity index (χ0v) is 17.1. The van der Waals surface area contributed by atoms with Crippen molar-refractivity contribution >= 4 is 22.4 Å². The molecule has 4 aromatic rings. The number of nitrogens with zero attached hydrogens (tertiary/aromatic N) is 3. The minimum Gasteiger partial charge on any atom is -0.497 e. The summed E-state index contributed by atoms with van der Waals surface area (Å²) in [4.78, 5) is 8.66. The van der Waals surface area contributed by atoms with Crippen molar-refractivity contribution in [2.24, 2.45) is 0 Å². The molecular weight excluding hydrogens is 392 g/mol. The SMILES string of the molecule is COc1ccc(COc2ccc(Nc3ccc4ncc(OC)nc4c3C#N)cc2)cc1. The maximum absolute atomic E-state index is 9.69. The molecule has 154 valence electrons. The van der Waals surface area contributed by atoms with E-state index in [0.29, 0.717) is 34.8 Å². The fourth-order valence-electron chi connectivity index (χ4n) is 3.06. The summed E-state index contributed by atoms with van der Waals surface area (Å²) in [5, 5.41) is 13.0. The Labute approximate surface area is 179 Å². The van der Waals surface area contributed by atoms with Crippen molar-refractivity contribution in [3.05, 3.63) is 78.0 Å². The highest BCUT2D eigenvalue weighted by atomic mass is 16.5. The van der Waals surface area contributed by atoms with E-state index in [1.807, 2.05) is 60.7 Å². The molecule has 7 heteroatoms. The number of ether oxygens (including phenoxy) is 3. The first kappa shape index (κ1) is 20.0. The van der Waals surface area contributed by atoms with Gasteiger partial charge in [-0.3, -0.25) is 0 Å². The third-order valence-corrected chi connectivity index (χ3v) is 4.71. The molecule has 0 aliphatic rings. The van der Waals surface area contributed by atoms with Gasteiger partial charge in [-0.05, 0) is 54.1 Å². The molecule has 3 aromatic carbocycles. The average Bonchev–Trinajstić information content (AvgIpc) is 2.83. The topological polar surface area (TPSA) is 89.3 Å². The molecule has 0 unspecified atom stereocenters. The van der Waals surface area contributed by atoms with Crippen molar-refractivity contribution in [2.75, 3.05) is 19.5 Å². The maximum atomic E-state index is 9.69. The third-order valence-electron chi connectivity index (χ3n) is 4.71. The molecule has 0 atom stereocenters. The van der Waals surface area contributed by atoms with Crippen LogP contribution in [-0.2, 0) is 6.61 Å². The summed E-state index contributed by atoms with van der Waals surface area (Å²) in [6.45, 7) is 0.459. The highest BCUT2D eigenvalue weighted by Crippen LogP contribution is 2.28. The summed E-state index contributed by atoms with van der Waals surface area (Å²) in [5.41, 5.74) is 4.04. The van der Waals surface area contributed by atoms with Crippen molar-refractivity contribution < 1.29 is 14.2 Å². The van der Waals surface area contributed by atoms with E-state index < -0.39 is 0 Å². The lowest BCUT2D eigenvalue weighted by atomic mass is 10.1. The lowest BCUT2D eigenvalue weighted by Crippen LogP contribution is -1.99. The fraction of sp³-hybridized carbons (Fsp3) is 0.125. The summed E-state index contributed by atoms with van der Waals surface area (Å²) in [6, 6.07) is 21.1. The Morgan fingerprint density at radius 3 is 2.32 bits per heavy atom. The minimum absolute atomic E-state index is 0.361. The molecule has 7 nitrogen and oxygen atoms in total. The van der Waals surface area contributed by atoms with Gasteiger partial charge in [0.1, 0.15) is 35.3 Å². The van der Waals surface area contributed by atoms with E-state index in [0.717, 1.165) is 22.7 Å². The van der Waals surface area contributed by atoms with Crippen LogP contribution in [0.1, 0.15) is 11.1 Å². The second-order valence-electron chi connectivity index (χ2n) is 6.67. The predicted octanol–water partition coefficient (Wildman–Crippen LogP) is 4.84. The van der Waals surface area contributed by atoms with Crippen LogP contribution in [0.25, 0.3) is 11.0 Å². The highest BCUT2D eigenvalue weighted by Gasteiger charge is 2.11. The standard InChI is InChI=1S/C24H20N4O3/c1-29-18-7-3-16(4-8-18)15-31-19-9-5-17(6-10-19)27-21-11-12-22-24(20(21)13-25)28-23(30-2)14-26-22/h3-12,14,27H,15H2,1-2H3. The zero-order chi connectivity index (χ0) is 21.6. The van der Waals surface area contributed by atoms with Crippen LogP contribution in [0.5, 0.6) is 17.4 Å². The van der Waals surface area contributed by atoms with Gasteiger partial charge in [-0.15, -0.1) is 0 Å². The van der Waals surface area contributed by atoms with E-state index in [-0.39, 0.29) is 0 Å². The Morgan fingerprint density at radius 1 is 0.903 bits per heavy atom. The van der Waals surface area contributed by atoms with Gasteiger partial charge in [0.05, 0.1) is 31.6 Å². The van der Waals surface area contributed by atoms with Crippen LogP contribution in [0.4, 0.5) is 11.4 Å². The molecule has 4 rings (SSSR count). The first-order valence-electron chi connectivity index (χ1n) is 9.57. The second-order valence-corrected chi connectivity index (χ2v) is 6.67. The molecule has 0 bridgehead atoms. The number of fused-ring (bicyclic) bond motifs is 1. The number of nitriles is 1. The minimum atomic E-state index is 0.361. The highest BCUT2D eigenvalue weighted by molar-refractivity contribution is 5.88. The van der Waals surface area contributed by atoms with Gasteiger partial charge in [0.2, 0.25) is 5.88 Å². The Balaban J connectivity index is 1.48. The van der Waals surface area contributed by atoms with E-state index >= 15 is 0 Å². The summed E-state index contributed by atoms with van der Waals surface area (Å²) in [6.07, 6.45) is 1.53. The van der Waals surface area contributed by atoms with Gasteiger partial charge in [-0.1, -0.05) is 12.1 Å². The molecule has 0 saturated heterocycles. The van der Waals surface area contributed by atoms with Gasteiger partial charge in [0.15, 0.2) is 0 Å². The van der Waals surface area contributed by atoms with Crippen LogP contribution >= 0.6 is 0 Å². The summed E-state index contributed by atoms with van der Waals surface area (Å²) < 4.78 is 16.1. The number of methoxy groups -OCH3 is 2. The van der Waals surface area contributed by atoms with Crippen molar-refractivity contribution in [3.63, 3.8) is 0 Å². The van der Waals surface area contributed by atoms with Gasteiger partial charge in [0, 0.05) is 5.69 Å². The molecule has 0 amide bonds. The van der Waals surface area contributed by atoms with Crippen LogP contribution < -0.4 is 19.5 Å². The molecule has 1 aromatic heterocycles. The largest absolute Gasteiger partial charge is 0.497 e. The van der Waals surface area contributed by atoms with Crippen LogP contribution in [0.15, 0.2) is 66.9 Å². The van der Waals surface area contributed by atoms with Gasteiger partial charge < -0.3 is 19.5 Å². The van der Waals surface area contributed by atoms with Crippen molar-refractivity contribution in [2.45, 2.75) is 6.61 Å². The Bertz CT molecular complexity index is 1230. The number of aromatic nitrogens is 2. The van der Waals surface area contributed by atoms with Crippen LogP contribution in [-0.4, -0.2) is 24.2 Å². The number of hydrogen-bond donors (Lipinski definition) is 1. The molecule has 1 N–H and O–H groups in total. The smallest absolute Gasteiger partial charge is 0.232 e. The molecule has 31 heavy (non-hydrogen) atoms. The summed E-state index contributed by atoms with van der Waals surface area (Å²) in [7, 11) is 3.16. The number of anilines is 2. The number of rotatable bonds is 7. The van der Waals surface area contributed by atoms with Crippen LogP contribution in [0.3, 0.4) is 0 Å². The Kier molecular flexibility index (Phi) is 5.81. The first-order chi connectivity index (χ1) is 15.2. The van der Waals surface area contributed by atoms with E-state index in [9.17, 15) is 5.26 Å². The Hall–Kier alpha value is -4.31. The zero-order valence-electron chi connectivity index (χ0n) is 17.1. The van der Waals surface area contributed by atoms with Gasteiger partial charge in [-0.2, -0.15) is 5.26 Å². The monoisotopic (exact) mass is 412 g/mol. The fourth-order valence-corrected chi connectivity index (χ4v) is 3.06. The van der Waals surface area contributed by atoms with E-state index in [1.54, 1.807) is 7.11 Å². The van der Waals surface area contributed by atoms with E-state index in [2.05, 4.69) is 21.4 Å². The first-order valence-corrected chi connectivity index (χ1v) is 9.57. The summed E-state index contributed by atoms with van der Waals surface area (Å²) in [5.74, 6) is 1.92. The maximum Gasteiger partial charge on any atom is 0.232 e. The second kappa shape index (κ2) is 9.01. The van der Waals surface area contributed by atoms with Crippen LogP contribution in [0.2, 0.25) is 0 Å². The molecule has 1 heterocycles. The van der Waals surface area contributed by atoms with E-state index in [1.165, 1.54) is 13.3 Å². The van der Waals surface area contributed by atoms with Crippen molar-refractivity contribution in [3.8, 4) is 23.4 Å². The molecule has 0 aliphatic heterocycles. The van der Waals surface area contributed by atoms with E-state index in [4.69, 9.17) is 14.2 Å². The normalized spacial score (nSPS) is 10.4.